The van der Waals surface area contributed by atoms with Gasteiger partial charge in [0.25, 0.3) is 5.91 Å². The van der Waals surface area contributed by atoms with Gasteiger partial charge in [-0.05, 0) is 38.1 Å². The van der Waals surface area contributed by atoms with Crippen molar-refractivity contribution < 1.29 is 14.3 Å². The monoisotopic (exact) mass is 294 g/mol. The molecule has 108 valence electrons. The lowest BCUT2D eigenvalue weighted by atomic mass is 10.1. The van der Waals surface area contributed by atoms with E-state index in [0.29, 0.717) is 12.3 Å². The van der Waals surface area contributed by atoms with E-state index in [1.54, 1.807) is 32.7 Å². The Balaban J connectivity index is 1.86. The summed E-state index contributed by atoms with van der Waals surface area (Å²) in [5.74, 6) is 1.31. The maximum atomic E-state index is 12.0. The van der Waals surface area contributed by atoms with Gasteiger partial charge >= 0.3 is 6.03 Å². The number of hydrogen-bond acceptors (Lipinski definition) is 4. The van der Waals surface area contributed by atoms with E-state index in [4.69, 9.17) is 4.74 Å². The second kappa shape index (κ2) is 5.75. The van der Waals surface area contributed by atoms with E-state index in [1.165, 1.54) is 4.90 Å². The fourth-order valence-electron chi connectivity index (χ4n) is 1.95. The molecular weight excluding hydrogens is 276 g/mol. The van der Waals surface area contributed by atoms with Crippen molar-refractivity contribution in [3.8, 4) is 5.75 Å². The van der Waals surface area contributed by atoms with Gasteiger partial charge < -0.3 is 10.1 Å². The standard InChI is InChI=1S/C14H18N2O3S/c1-14(2)12(17)16(13(18)15-14)8-9-20-11-6-4-10(19-3)5-7-11/h4-7H,8-9H2,1-3H3,(H,15,18). The normalized spacial score (nSPS) is 17.2. The molecular formula is C14H18N2O3S. The van der Waals surface area contributed by atoms with Crippen molar-refractivity contribution in [1.29, 1.82) is 0 Å². The van der Waals surface area contributed by atoms with Gasteiger partial charge in [-0.1, -0.05) is 0 Å². The minimum atomic E-state index is -0.790. The molecule has 0 radical (unpaired) electrons. The van der Waals surface area contributed by atoms with Crippen LogP contribution in [0.1, 0.15) is 13.8 Å². The summed E-state index contributed by atoms with van der Waals surface area (Å²) in [7, 11) is 1.63. The molecule has 0 bridgehead atoms. The van der Waals surface area contributed by atoms with Gasteiger partial charge in [0, 0.05) is 17.2 Å². The zero-order valence-electron chi connectivity index (χ0n) is 11.8. The smallest absolute Gasteiger partial charge is 0.325 e. The predicted octanol–water partition coefficient (Wildman–Crippen LogP) is 2.12. The molecule has 1 aromatic rings. The first-order valence-electron chi connectivity index (χ1n) is 6.35. The first-order valence-corrected chi connectivity index (χ1v) is 7.33. The number of benzene rings is 1. The number of thioether (sulfide) groups is 1. The third kappa shape index (κ3) is 3.07. The molecule has 1 N–H and O–H groups in total. The summed E-state index contributed by atoms with van der Waals surface area (Å²) in [6.07, 6.45) is 0. The van der Waals surface area contributed by atoms with Gasteiger partial charge in [-0.2, -0.15) is 0 Å². The topological polar surface area (TPSA) is 58.6 Å². The van der Waals surface area contributed by atoms with Gasteiger partial charge in [0.15, 0.2) is 0 Å². The average Bonchev–Trinajstić information content (AvgIpc) is 2.61. The minimum Gasteiger partial charge on any atom is -0.497 e. The lowest BCUT2D eigenvalue weighted by Crippen LogP contribution is -2.40. The second-order valence-corrected chi connectivity index (χ2v) is 6.20. The minimum absolute atomic E-state index is 0.169. The number of carbonyl (C=O) groups is 2. The number of ether oxygens (including phenoxy) is 1. The number of hydrogen-bond donors (Lipinski definition) is 1. The number of rotatable bonds is 5. The van der Waals surface area contributed by atoms with Crippen molar-refractivity contribution in [1.82, 2.24) is 10.2 Å². The van der Waals surface area contributed by atoms with Crippen molar-refractivity contribution in [3.05, 3.63) is 24.3 Å². The maximum Gasteiger partial charge on any atom is 0.325 e. The van der Waals surface area contributed by atoms with E-state index in [0.717, 1.165) is 10.6 Å². The molecule has 1 fully saturated rings. The number of nitrogens with one attached hydrogen (secondary N) is 1. The molecule has 1 aromatic carbocycles. The molecule has 1 heterocycles. The van der Waals surface area contributed by atoms with Gasteiger partial charge in [-0.25, -0.2) is 4.79 Å². The Morgan fingerprint density at radius 2 is 1.90 bits per heavy atom. The van der Waals surface area contributed by atoms with E-state index < -0.39 is 5.54 Å². The van der Waals surface area contributed by atoms with Crippen LogP contribution < -0.4 is 10.1 Å². The Labute approximate surface area is 122 Å². The zero-order valence-corrected chi connectivity index (χ0v) is 12.6. The highest BCUT2D eigenvalue weighted by molar-refractivity contribution is 7.99. The van der Waals surface area contributed by atoms with E-state index in [-0.39, 0.29) is 11.9 Å². The van der Waals surface area contributed by atoms with Crippen molar-refractivity contribution in [2.75, 3.05) is 19.4 Å². The molecule has 0 spiro atoms. The van der Waals surface area contributed by atoms with E-state index in [2.05, 4.69) is 5.32 Å². The molecule has 0 unspecified atom stereocenters. The fraction of sp³-hybridized carbons (Fsp3) is 0.429. The summed E-state index contributed by atoms with van der Waals surface area (Å²) in [5, 5.41) is 2.67. The molecule has 1 saturated heterocycles. The Hall–Kier alpha value is -1.69. The van der Waals surface area contributed by atoms with Gasteiger partial charge in [0.2, 0.25) is 0 Å². The summed E-state index contributed by atoms with van der Waals surface area (Å²) >= 11 is 1.60. The molecule has 2 rings (SSSR count). The lowest BCUT2D eigenvalue weighted by molar-refractivity contribution is -0.130. The van der Waals surface area contributed by atoms with Crippen LogP contribution in [0.3, 0.4) is 0 Å². The molecule has 6 heteroatoms. The Bertz CT molecular complexity index is 514. The van der Waals surface area contributed by atoms with Crippen LogP contribution >= 0.6 is 11.8 Å². The number of imide groups is 1. The van der Waals surface area contributed by atoms with Gasteiger partial charge in [0.1, 0.15) is 11.3 Å². The molecule has 20 heavy (non-hydrogen) atoms. The molecule has 1 aliphatic heterocycles. The van der Waals surface area contributed by atoms with E-state index in [1.807, 2.05) is 24.3 Å². The predicted molar refractivity (Wildman–Crippen MR) is 78.0 cm³/mol. The van der Waals surface area contributed by atoms with Crippen LogP contribution in [0.5, 0.6) is 5.75 Å². The maximum absolute atomic E-state index is 12.0. The number of amides is 3. The van der Waals surface area contributed by atoms with Crippen LogP contribution in [0.2, 0.25) is 0 Å². The fourth-order valence-corrected chi connectivity index (χ4v) is 2.79. The number of methoxy groups -OCH3 is 1. The third-order valence-corrected chi connectivity index (χ3v) is 4.08. The number of urea groups is 1. The van der Waals surface area contributed by atoms with Crippen molar-refractivity contribution in [2.24, 2.45) is 0 Å². The van der Waals surface area contributed by atoms with Crippen LogP contribution in [0.25, 0.3) is 0 Å². The van der Waals surface area contributed by atoms with Crippen LogP contribution in [-0.4, -0.2) is 41.8 Å². The Morgan fingerprint density at radius 1 is 1.25 bits per heavy atom. The Morgan fingerprint density at radius 3 is 2.40 bits per heavy atom. The second-order valence-electron chi connectivity index (χ2n) is 5.04. The van der Waals surface area contributed by atoms with E-state index >= 15 is 0 Å². The third-order valence-electron chi connectivity index (χ3n) is 3.09. The van der Waals surface area contributed by atoms with Crippen molar-refractivity contribution in [3.63, 3.8) is 0 Å². The quantitative estimate of drug-likeness (QED) is 0.667. The summed E-state index contributed by atoms with van der Waals surface area (Å²) in [6, 6.07) is 7.38. The highest BCUT2D eigenvalue weighted by Crippen LogP contribution is 2.22. The molecule has 0 aromatic heterocycles. The van der Waals surface area contributed by atoms with Gasteiger partial charge in [-0.3, -0.25) is 9.69 Å². The molecule has 0 atom stereocenters. The van der Waals surface area contributed by atoms with Crippen LogP contribution in [0, 0.1) is 0 Å². The van der Waals surface area contributed by atoms with Gasteiger partial charge in [0.05, 0.1) is 7.11 Å². The SMILES string of the molecule is COc1ccc(SCCN2C(=O)NC(C)(C)C2=O)cc1. The summed E-state index contributed by atoms with van der Waals surface area (Å²) < 4.78 is 5.09. The van der Waals surface area contributed by atoms with Crippen LogP contribution in [-0.2, 0) is 4.79 Å². The number of nitrogens with zero attached hydrogens (tertiary/aromatic N) is 1. The van der Waals surface area contributed by atoms with Crippen molar-refractivity contribution in [2.45, 2.75) is 24.3 Å². The summed E-state index contributed by atoms with van der Waals surface area (Å²) in [6.45, 7) is 3.83. The first kappa shape index (κ1) is 14.7. The molecule has 0 saturated carbocycles. The van der Waals surface area contributed by atoms with Crippen LogP contribution in [0.4, 0.5) is 4.79 Å². The number of carbonyl (C=O) groups excluding carboxylic acids is 2. The molecule has 3 amide bonds. The largest absolute Gasteiger partial charge is 0.497 e. The Kier molecular flexibility index (Phi) is 4.23. The zero-order chi connectivity index (χ0) is 14.8. The molecule has 0 aliphatic carbocycles. The molecule has 5 nitrogen and oxygen atoms in total. The van der Waals surface area contributed by atoms with Crippen LogP contribution in [0.15, 0.2) is 29.2 Å². The summed E-state index contributed by atoms with van der Waals surface area (Å²) in [5.41, 5.74) is -0.790. The first-order chi connectivity index (χ1) is 9.44. The van der Waals surface area contributed by atoms with Crippen molar-refractivity contribution >= 4 is 23.7 Å². The molecule has 1 aliphatic rings. The van der Waals surface area contributed by atoms with Gasteiger partial charge in [-0.15, -0.1) is 11.8 Å². The highest BCUT2D eigenvalue weighted by atomic mass is 32.2. The summed E-state index contributed by atoms with van der Waals surface area (Å²) in [4.78, 5) is 26.0. The highest BCUT2D eigenvalue weighted by Gasteiger charge is 2.43. The van der Waals surface area contributed by atoms with E-state index in [9.17, 15) is 9.59 Å². The average molecular weight is 294 g/mol. The lowest BCUT2D eigenvalue weighted by Gasteiger charge is -2.15.